The highest BCUT2D eigenvalue weighted by Crippen LogP contribution is 2.21. The normalized spacial score (nSPS) is 10.2. The molecule has 1 amide bonds. The van der Waals surface area contributed by atoms with E-state index in [0.717, 1.165) is 5.56 Å². The number of rotatable bonds is 6. The van der Waals surface area contributed by atoms with Gasteiger partial charge >= 0.3 is 0 Å². The highest BCUT2D eigenvalue weighted by Gasteiger charge is 2.15. The quantitative estimate of drug-likeness (QED) is 0.336. The minimum atomic E-state index is -0.506. The van der Waals surface area contributed by atoms with Crippen LogP contribution in [-0.2, 0) is 11.3 Å². The minimum absolute atomic E-state index is 0.142. The summed E-state index contributed by atoms with van der Waals surface area (Å²) >= 11 is 0. The van der Waals surface area contributed by atoms with Crippen LogP contribution < -0.4 is 22.1 Å². The molecule has 27 heavy (non-hydrogen) atoms. The van der Waals surface area contributed by atoms with Gasteiger partial charge in [0.15, 0.2) is 0 Å². The highest BCUT2D eigenvalue weighted by atomic mass is 16.1. The number of carbonyl (C=O) groups excluding carboxylic acids is 1. The smallest absolute Gasteiger partial charge is 0.270 e. The fourth-order valence-electron chi connectivity index (χ4n) is 2.43. The van der Waals surface area contributed by atoms with Crippen LogP contribution in [0.5, 0.6) is 0 Å². The largest absolute Gasteiger partial charge is 0.398 e. The third-order valence-electron chi connectivity index (χ3n) is 3.79. The second-order valence-corrected chi connectivity index (χ2v) is 5.77. The Morgan fingerprint density at radius 3 is 2.59 bits per heavy atom. The molecular formula is C19H19N7O. The van der Waals surface area contributed by atoms with Crippen molar-refractivity contribution in [3.05, 3.63) is 71.9 Å². The van der Waals surface area contributed by atoms with Crippen LogP contribution in [0.2, 0.25) is 0 Å². The fourth-order valence-corrected chi connectivity index (χ4v) is 2.43. The number of anilines is 4. The van der Waals surface area contributed by atoms with E-state index in [2.05, 4.69) is 20.6 Å². The number of hydrogen-bond acceptors (Lipinski definition) is 7. The predicted molar refractivity (Wildman–Crippen MR) is 106 cm³/mol. The van der Waals surface area contributed by atoms with E-state index in [1.165, 1.54) is 6.20 Å². The summed E-state index contributed by atoms with van der Waals surface area (Å²) in [6.45, 7) is 0.333. The van der Waals surface area contributed by atoms with Crippen LogP contribution >= 0.6 is 0 Å². The van der Waals surface area contributed by atoms with Crippen molar-refractivity contribution in [2.24, 2.45) is 0 Å². The number of benzene rings is 2. The molecule has 0 saturated heterocycles. The van der Waals surface area contributed by atoms with Gasteiger partial charge in [0.1, 0.15) is 11.5 Å². The van der Waals surface area contributed by atoms with Crippen molar-refractivity contribution in [3.63, 3.8) is 0 Å². The van der Waals surface area contributed by atoms with E-state index in [0.29, 0.717) is 29.3 Å². The molecule has 8 nitrogen and oxygen atoms in total. The second-order valence-electron chi connectivity index (χ2n) is 5.77. The SMILES string of the molecule is N=C(C(=O)NCc1ccccc1)c1cc(Nc2ccnc(N)n2)ccc1N. The van der Waals surface area contributed by atoms with E-state index in [1.54, 1.807) is 24.3 Å². The summed E-state index contributed by atoms with van der Waals surface area (Å²) in [4.78, 5) is 20.2. The van der Waals surface area contributed by atoms with E-state index in [9.17, 15) is 4.79 Å². The second kappa shape index (κ2) is 7.96. The van der Waals surface area contributed by atoms with Crippen molar-refractivity contribution < 1.29 is 4.79 Å². The molecule has 0 bridgehead atoms. The summed E-state index contributed by atoms with van der Waals surface area (Å²) in [7, 11) is 0. The zero-order valence-corrected chi connectivity index (χ0v) is 14.4. The van der Waals surface area contributed by atoms with Crippen molar-refractivity contribution in [1.29, 1.82) is 5.41 Å². The Bertz CT molecular complexity index is 973. The number of aromatic nitrogens is 2. The van der Waals surface area contributed by atoms with Gasteiger partial charge in [0.25, 0.3) is 5.91 Å². The summed E-state index contributed by atoms with van der Waals surface area (Å²) in [6.07, 6.45) is 1.53. The number of nitrogens with one attached hydrogen (secondary N) is 3. The molecule has 0 aliphatic heterocycles. The van der Waals surface area contributed by atoms with Crippen LogP contribution in [0, 0.1) is 5.41 Å². The molecule has 0 atom stereocenters. The summed E-state index contributed by atoms with van der Waals surface area (Å²) < 4.78 is 0. The van der Waals surface area contributed by atoms with Gasteiger partial charge in [-0.3, -0.25) is 10.2 Å². The fraction of sp³-hybridized carbons (Fsp3) is 0.0526. The van der Waals surface area contributed by atoms with Crippen molar-refractivity contribution in [2.75, 3.05) is 16.8 Å². The van der Waals surface area contributed by atoms with Crippen LogP contribution in [0.4, 0.5) is 23.1 Å². The van der Waals surface area contributed by atoms with E-state index in [4.69, 9.17) is 16.9 Å². The molecule has 1 aromatic heterocycles. The minimum Gasteiger partial charge on any atom is -0.398 e. The van der Waals surface area contributed by atoms with Crippen molar-refractivity contribution in [3.8, 4) is 0 Å². The lowest BCUT2D eigenvalue weighted by atomic mass is 10.1. The molecule has 0 aliphatic rings. The van der Waals surface area contributed by atoms with Crippen LogP contribution in [0.15, 0.2) is 60.8 Å². The van der Waals surface area contributed by atoms with Gasteiger partial charge in [0.2, 0.25) is 5.95 Å². The van der Waals surface area contributed by atoms with E-state index in [-0.39, 0.29) is 11.7 Å². The van der Waals surface area contributed by atoms with Crippen LogP contribution in [0.3, 0.4) is 0 Å². The number of carbonyl (C=O) groups is 1. The Labute approximate surface area is 156 Å². The van der Waals surface area contributed by atoms with Crippen LogP contribution in [0.1, 0.15) is 11.1 Å². The third-order valence-corrected chi connectivity index (χ3v) is 3.79. The summed E-state index contributed by atoms with van der Waals surface area (Å²) in [5, 5.41) is 14.0. The molecule has 7 N–H and O–H groups in total. The van der Waals surface area contributed by atoms with Crippen molar-refractivity contribution >= 4 is 34.8 Å². The molecule has 2 aromatic carbocycles. The van der Waals surface area contributed by atoms with Gasteiger partial charge in [-0.25, -0.2) is 4.98 Å². The zero-order chi connectivity index (χ0) is 19.2. The first-order valence-electron chi connectivity index (χ1n) is 8.19. The number of hydrogen-bond donors (Lipinski definition) is 5. The Balaban J connectivity index is 1.72. The topological polar surface area (TPSA) is 143 Å². The summed E-state index contributed by atoms with van der Waals surface area (Å²) in [5.74, 6) is 0.135. The Morgan fingerprint density at radius 1 is 1.07 bits per heavy atom. The first-order chi connectivity index (χ1) is 13.0. The van der Waals surface area contributed by atoms with Crippen molar-refractivity contribution in [1.82, 2.24) is 15.3 Å². The van der Waals surface area contributed by atoms with Gasteiger partial charge in [-0.15, -0.1) is 0 Å². The van der Waals surface area contributed by atoms with Crippen LogP contribution in [-0.4, -0.2) is 21.6 Å². The molecule has 3 aromatic rings. The highest BCUT2D eigenvalue weighted by molar-refractivity contribution is 6.45. The molecule has 0 spiro atoms. The lowest BCUT2D eigenvalue weighted by molar-refractivity contribution is -0.114. The average Bonchev–Trinajstić information content (AvgIpc) is 2.68. The molecule has 0 radical (unpaired) electrons. The Kier molecular flexibility index (Phi) is 5.27. The molecule has 0 unspecified atom stereocenters. The summed E-state index contributed by atoms with van der Waals surface area (Å²) in [5.41, 5.74) is 13.5. The Morgan fingerprint density at radius 2 is 1.85 bits per heavy atom. The number of nitrogens with two attached hydrogens (primary N) is 2. The molecule has 8 heteroatoms. The summed E-state index contributed by atoms with van der Waals surface area (Å²) in [6, 6.07) is 16.1. The maximum atomic E-state index is 12.3. The Hall–Kier alpha value is -3.94. The lowest BCUT2D eigenvalue weighted by Crippen LogP contribution is -2.31. The number of nitrogens with zero attached hydrogens (tertiary/aromatic N) is 2. The maximum Gasteiger partial charge on any atom is 0.270 e. The van der Waals surface area contributed by atoms with Crippen molar-refractivity contribution in [2.45, 2.75) is 6.54 Å². The molecule has 3 rings (SSSR count). The molecule has 0 aliphatic carbocycles. The monoisotopic (exact) mass is 361 g/mol. The first-order valence-corrected chi connectivity index (χ1v) is 8.19. The molecule has 136 valence electrons. The standard InChI is InChI=1S/C19H19N7O/c20-15-7-6-13(25-16-8-9-23-19(22)26-16)10-14(15)17(21)18(27)24-11-12-4-2-1-3-5-12/h1-10,21H,11,20H2,(H,24,27)(H3,22,23,25,26). The first kappa shape index (κ1) is 17.9. The van der Waals surface area contributed by atoms with Gasteiger partial charge < -0.3 is 22.1 Å². The number of nitrogen functional groups attached to an aromatic ring is 2. The van der Waals surface area contributed by atoms with E-state index >= 15 is 0 Å². The van der Waals surface area contributed by atoms with Gasteiger partial charge in [0.05, 0.1) is 0 Å². The number of amides is 1. The van der Waals surface area contributed by atoms with Gasteiger partial charge in [-0.1, -0.05) is 30.3 Å². The third kappa shape index (κ3) is 4.57. The van der Waals surface area contributed by atoms with Crippen LogP contribution in [0.25, 0.3) is 0 Å². The average molecular weight is 361 g/mol. The zero-order valence-electron chi connectivity index (χ0n) is 14.4. The molecule has 0 fully saturated rings. The van der Waals surface area contributed by atoms with Gasteiger partial charge in [-0.2, -0.15) is 4.98 Å². The molecule has 0 saturated carbocycles. The molecular weight excluding hydrogens is 342 g/mol. The predicted octanol–water partition coefficient (Wildman–Crippen LogP) is 2.07. The maximum absolute atomic E-state index is 12.3. The van der Waals surface area contributed by atoms with E-state index < -0.39 is 5.91 Å². The van der Waals surface area contributed by atoms with Gasteiger partial charge in [0, 0.05) is 29.7 Å². The lowest BCUT2D eigenvalue weighted by Gasteiger charge is -2.12. The van der Waals surface area contributed by atoms with Gasteiger partial charge in [-0.05, 0) is 29.8 Å². The molecule has 1 heterocycles. The van der Waals surface area contributed by atoms with E-state index in [1.807, 2.05) is 30.3 Å².